The summed E-state index contributed by atoms with van der Waals surface area (Å²) < 4.78 is 0. The molecule has 2 unspecified atom stereocenters. The average Bonchev–Trinajstić information content (AvgIpc) is 2.42. The molecule has 0 bridgehead atoms. The first-order valence-corrected chi connectivity index (χ1v) is 8.06. The van der Waals surface area contributed by atoms with Crippen molar-refractivity contribution < 1.29 is 0 Å². The summed E-state index contributed by atoms with van der Waals surface area (Å²) in [7, 11) is 0. The lowest BCUT2D eigenvalue weighted by molar-refractivity contribution is 0.0809. The van der Waals surface area contributed by atoms with Gasteiger partial charge in [0.25, 0.3) is 0 Å². The van der Waals surface area contributed by atoms with E-state index in [0.29, 0.717) is 11.5 Å². The van der Waals surface area contributed by atoms with Crippen LogP contribution in [0.5, 0.6) is 0 Å². The van der Waals surface area contributed by atoms with Gasteiger partial charge in [-0.2, -0.15) is 0 Å². The van der Waals surface area contributed by atoms with Gasteiger partial charge >= 0.3 is 0 Å². The highest BCUT2D eigenvalue weighted by atomic mass is 35.5. The number of piperidine rings is 1. The van der Waals surface area contributed by atoms with Gasteiger partial charge in [-0.15, -0.1) is 0 Å². The van der Waals surface area contributed by atoms with E-state index in [1.807, 2.05) is 12.1 Å². The highest BCUT2D eigenvalue weighted by Gasteiger charge is 2.32. The van der Waals surface area contributed by atoms with E-state index in [9.17, 15) is 0 Å². The van der Waals surface area contributed by atoms with Crippen molar-refractivity contribution in [2.75, 3.05) is 13.1 Å². The fourth-order valence-electron chi connectivity index (χ4n) is 3.02. The van der Waals surface area contributed by atoms with Crippen LogP contribution in [0, 0.1) is 5.41 Å². The van der Waals surface area contributed by atoms with Crippen LogP contribution in [0.2, 0.25) is 5.02 Å². The smallest absolute Gasteiger partial charge is 0.0499 e. The fraction of sp³-hybridized carbons (Fsp3) is 0.647. The maximum absolute atomic E-state index is 6.41. The Morgan fingerprint density at radius 3 is 2.25 bits per heavy atom. The van der Waals surface area contributed by atoms with E-state index >= 15 is 0 Å². The van der Waals surface area contributed by atoms with E-state index < -0.39 is 0 Å². The number of hydrogen-bond donors (Lipinski definition) is 1. The van der Waals surface area contributed by atoms with Crippen LogP contribution >= 0.6 is 11.6 Å². The molecule has 1 saturated heterocycles. The minimum atomic E-state index is 0.178. The summed E-state index contributed by atoms with van der Waals surface area (Å²) in [5.74, 6) is 0. The summed E-state index contributed by atoms with van der Waals surface area (Å²) in [6.07, 6.45) is 3.48. The molecule has 3 heteroatoms. The fourth-order valence-corrected chi connectivity index (χ4v) is 3.15. The number of nitrogens with two attached hydrogens (primary N) is 1. The van der Waals surface area contributed by atoms with E-state index in [-0.39, 0.29) is 6.04 Å². The summed E-state index contributed by atoms with van der Waals surface area (Å²) in [5, 5.41) is 0.789. The summed E-state index contributed by atoms with van der Waals surface area (Å²) >= 11 is 6.01. The summed E-state index contributed by atoms with van der Waals surface area (Å²) in [5.41, 5.74) is 8.18. The van der Waals surface area contributed by atoms with Gasteiger partial charge in [0, 0.05) is 17.1 Å². The highest BCUT2D eigenvalue weighted by molar-refractivity contribution is 6.30. The van der Waals surface area contributed by atoms with Gasteiger partial charge in [-0.1, -0.05) is 44.5 Å². The lowest BCUT2D eigenvalue weighted by Gasteiger charge is -2.43. The summed E-state index contributed by atoms with van der Waals surface area (Å²) in [4.78, 5) is 2.56. The third-order valence-electron chi connectivity index (χ3n) is 4.63. The van der Waals surface area contributed by atoms with Gasteiger partial charge in [0.05, 0.1) is 0 Å². The Balaban J connectivity index is 2.18. The van der Waals surface area contributed by atoms with Crippen molar-refractivity contribution in [2.24, 2.45) is 11.1 Å². The van der Waals surface area contributed by atoms with Crippen molar-refractivity contribution in [1.82, 2.24) is 4.90 Å². The maximum Gasteiger partial charge on any atom is 0.0499 e. The van der Waals surface area contributed by atoms with Crippen LogP contribution in [0.4, 0.5) is 0 Å². The molecule has 2 N–H and O–H groups in total. The highest BCUT2D eigenvalue weighted by Crippen LogP contribution is 2.35. The van der Waals surface area contributed by atoms with Gasteiger partial charge in [0.1, 0.15) is 0 Å². The van der Waals surface area contributed by atoms with Gasteiger partial charge in [0.15, 0.2) is 0 Å². The van der Waals surface area contributed by atoms with E-state index in [2.05, 4.69) is 37.8 Å². The van der Waals surface area contributed by atoms with Crippen LogP contribution in [-0.2, 0) is 0 Å². The molecular formula is C17H27ClN2. The molecule has 2 nitrogen and oxygen atoms in total. The Morgan fingerprint density at radius 2 is 1.75 bits per heavy atom. The molecule has 0 aromatic heterocycles. The number of rotatable bonds is 4. The third kappa shape index (κ3) is 3.75. The van der Waals surface area contributed by atoms with Crippen LogP contribution in [0.1, 0.15) is 51.6 Å². The van der Waals surface area contributed by atoms with Crippen molar-refractivity contribution in [2.45, 2.75) is 52.1 Å². The largest absolute Gasteiger partial charge is 0.326 e. The quantitative estimate of drug-likeness (QED) is 0.900. The first kappa shape index (κ1) is 15.8. The zero-order valence-corrected chi connectivity index (χ0v) is 13.7. The Labute approximate surface area is 128 Å². The average molecular weight is 295 g/mol. The molecule has 1 aliphatic rings. The molecule has 2 atom stereocenters. The normalized spacial score (nSPS) is 22.4. The first-order valence-electron chi connectivity index (χ1n) is 7.68. The van der Waals surface area contributed by atoms with Crippen molar-refractivity contribution in [3.8, 4) is 0 Å². The molecule has 1 aromatic rings. The minimum absolute atomic E-state index is 0.178. The number of nitrogens with zero attached hydrogens (tertiary/aromatic N) is 1. The zero-order valence-electron chi connectivity index (χ0n) is 12.9. The lowest BCUT2D eigenvalue weighted by atomic mass is 9.81. The van der Waals surface area contributed by atoms with Crippen molar-refractivity contribution in [3.05, 3.63) is 34.9 Å². The van der Waals surface area contributed by atoms with Gasteiger partial charge in [-0.3, -0.25) is 4.90 Å². The van der Waals surface area contributed by atoms with Gasteiger partial charge in [-0.25, -0.2) is 0 Å². The van der Waals surface area contributed by atoms with E-state index in [0.717, 1.165) is 24.5 Å². The van der Waals surface area contributed by atoms with Gasteiger partial charge < -0.3 is 5.73 Å². The van der Waals surface area contributed by atoms with Gasteiger partial charge in [0.2, 0.25) is 0 Å². The topological polar surface area (TPSA) is 29.3 Å². The number of hydrogen-bond acceptors (Lipinski definition) is 2. The van der Waals surface area contributed by atoms with Gasteiger partial charge in [-0.05, 0) is 55.5 Å². The Morgan fingerprint density at radius 1 is 1.20 bits per heavy atom. The van der Waals surface area contributed by atoms with Crippen LogP contribution in [0.25, 0.3) is 0 Å². The maximum atomic E-state index is 6.41. The van der Waals surface area contributed by atoms with Crippen molar-refractivity contribution >= 4 is 11.6 Å². The molecule has 20 heavy (non-hydrogen) atoms. The van der Waals surface area contributed by atoms with E-state index in [1.54, 1.807) is 0 Å². The van der Waals surface area contributed by atoms with E-state index in [1.165, 1.54) is 18.4 Å². The van der Waals surface area contributed by atoms with Crippen molar-refractivity contribution in [3.63, 3.8) is 0 Å². The standard InChI is InChI=1S/C17H27ClN2/c1-4-15(19)16(13-5-7-14(18)8-6-13)20-11-9-17(2,3)10-12-20/h5-8,15-16H,4,9-12,19H2,1-3H3. The Bertz CT molecular complexity index is 417. The Hall–Kier alpha value is -0.570. The zero-order chi connectivity index (χ0) is 14.8. The molecule has 1 aliphatic heterocycles. The van der Waals surface area contributed by atoms with Crippen LogP contribution < -0.4 is 5.73 Å². The predicted octanol–water partition coefficient (Wildman–Crippen LogP) is 4.24. The molecule has 112 valence electrons. The predicted molar refractivity (Wildman–Crippen MR) is 87.0 cm³/mol. The minimum Gasteiger partial charge on any atom is -0.326 e. The van der Waals surface area contributed by atoms with E-state index in [4.69, 9.17) is 17.3 Å². The second-order valence-corrected chi connectivity index (χ2v) is 7.21. The lowest BCUT2D eigenvalue weighted by Crippen LogP contribution is -2.46. The molecule has 1 heterocycles. The molecular weight excluding hydrogens is 268 g/mol. The molecule has 2 rings (SSSR count). The Kier molecular flexibility index (Phi) is 5.11. The summed E-state index contributed by atoms with van der Waals surface area (Å²) in [6, 6.07) is 8.69. The second kappa shape index (κ2) is 6.46. The SMILES string of the molecule is CCC(N)C(c1ccc(Cl)cc1)N1CCC(C)(C)CC1. The molecule has 0 aliphatic carbocycles. The number of likely N-dealkylation sites (tertiary alicyclic amines) is 1. The number of benzene rings is 1. The number of halogens is 1. The second-order valence-electron chi connectivity index (χ2n) is 6.77. The molecule has 1 aromatic carbocycles. The molecule has 1 fully saturated rings. The summed E-state index contributed by atoms with van der Waals surface area (Å²) in [6.45, 7) is 9.16. The monoisotopic (exact) mass is 294 g/mol. The van der Waals surface area contributed by atoms with Crippen LogP contribution in [0.3, 0.4) is 0 Å². The van der Waals surface area contributed by atoms with Crippen LogP contribution in [-0.4, -0.2) is 24.0 Å². The molecule has 0 amide bonds. The molecule has 0 saturated carbocycles. The third-order valence-corrected chi connectivity index (χ3v) is 4.89. The first-order chi connectivity index (χ1) is 9.43. The van der Waals surface area contributed by atoms with Crippen molar-refractivity contribution in [1.29, 1.82) is 0 Å². The van der Waals surface area contributed by atoms with Crippen LogP contribution in [0.15, 0.2) is 24.3 Å². The molecule has 0 radical (unpaired) electrons. The molecule has 0 spiro atoms.